The number of hydrogen-bond donors (Lipinski definition) is 1. The van der Waals surface area contributed by atoms with Gasteiger partial charge in [0, 0.05) is 5.57 Å². The van der Waals surface area contributed by atoms with Gasteiger partial charge in [0.1, 0.15) is 0 Å². The Morgan fingerprint density at radius 2 is 2.20 bits per heavy atom. The molecule has 4 atom stereocenters. The molecule has 84 valence electrons. The number of esters is 1. The Hall–Kier alpha value is -0.830. The van der Waals surface area contributed by atoms with Crippen molar-refractivity contribution in [2.45, 2.75) is 32.3 Å². The molecule has 15 heavy (non-hydrogen) atoms. The number of hydrogen-bond acceptors (Lipinski definition) is 3. The zero-order valence-electron chi connectivity index (χ0n) is 9.11. The number of aliphatic hydroxyl groups is 1. The molecule has 0 aromatic rings. The lowest BCUT2D eigenvalue weighted by molar-refractivity contribution is -0.141. The van der Waals surface area contributed by atoms with Gasteiger partial charge in [-0.25, -0.2) is 4.79 Å². The lowest BCUT2D eigenvalue weighted by atomic mass is 9.87. The SMILES string of the molecule is C=C(C)C(=O)OCC1CC2CC(O)C1C2. The van der Waals surface area contributed by atoms with E-state index in [2.05, 4.69) is 6.58 Å². The van der Waals surface area contributed by atoms with Gasteiger partial charge in [0.2, 0.25) is 0 Å². The molecule has 0 spiro atoms. The Morgan fingerprint density at radius 1 is 1.47 bits per heavy atom. The molecular formula is C12H18O3. The molecule has 2 aliphatic rings. The summed E-state index contributed by atoms with van der Waals surface area (Å²) >= 11 is 0. The fourth-order valence-electron chi connectivity index (χ4n) is 2.95. The van der Waals surface area contributed by atoms with Gasteiger partial charge in [-0.15, -0.1) is 0 Å². The van der Waals surface area contributed by atoms with Crippen molar-refractivity contribution in [2.24, 2.45) is 17.8 Å². The average Bonchev–Trinajstić information content (AvgIpc) is 2.71. The molecule has 0 aromatic carbocycles. The Labute approximate surface area is 90.1 Å². The molecule has 1 N–H and O–H groups in total. The van der Waals surface area contributed by atoms with Gasteiger partial charge >= 0.3 is 5.97 Å². The second-order valence-electron chi connectivity index (χ2n) is 4.94. The molecule has 0 heterocycles. The van der Waals surface area contributed by atoms with Gasteiger partial charge in [0.05, 0.1) is 12.7 Å². The molecule has 2 saturated carbocycles. The highest BCUT2D eigenvalue weighted by Crippen LogP contribution is 2.48. The number of aliphatic hydroxyl groups excluding tert-OH is 1. The minimum absolute atomic E-state index is 0.169. The summed E-state index contributed by atoms with van der Waals surface area (Å²) in [7, 11) is 0. The predicted octanol–water partition coefficient (Wildman–Crippen LogP) is 1.51. The van der Waals surface area contributed by atoms with Crippen LogP contribution >= 0.6 is 0 Å². The second-order valence-corrected chi connectivity index (χ2v) is 4.94. The Balaban J connectivity index is 1.82. The molecule has 2 bridgehead atoms. The number of fused-ring (bicyclic) bond motifs is 2. The summed E-state index contributed by atoms with van der Waals surface area (Å²) in [5.41, 5.74) is 0.443. The first-order chi connectivity index (χ1) is 7.08. The van der Waals surface area contributed by atoms with Gasteiger partial charge in [0.25, 0.3) is 0 Å². The van der Waals surface area contributed by atoms with E-state index in [0.717, 1.165) is 19.3 Å². The fourth-order valence-corrected chi connectivity index (χ4v) is 2.95. The van der Waals surface area contributed by atoms with Crippen LogP contribution in [0.3, 0.4) is 0 Å². The molecule has 0 aromatic heterocycles. The molecule has 0 radical (unpaired) electrons. The van der Waals surface area contributed by atoms with E-state index in [1.165, 1.54) is 0 Å². The van der Waals surface area contributed by atoms with Crippen molar-refractivity contribution < 1.29 is 14.6 Å². The van der Waals surface area contributed by atoms with Crippen LogP contribution in [0.4, 0.5) is 0 Å². The summed E-state index contributed by atoms with van der Waals surface area (Å²) in [6.07, 6.45) is 2.98. The maximum atomic E-state index is 11.2. The van der Waals surface area contributed by atoms with E-state index in [4.69, 9.17) is 4.74 Å². The number of ether oxygens (including phenoxy) is 1. The molecular weight excluding hydrogens is 192 g/mol. The Kier molecular flexibility index (Phi) is 2.83. The molecule has 4 unspecified atom stereocenters. The molecule has 3 heteroatoms. The number of carbonyl (C=O) groups excluding carboxylic acids is 1. The van der Waals surface area contributed by atoms with Crippen LogP contribution in [0.5, 0.6) is 0 Å². The molecule has 2 aliphatic carbocycles. The first-order valence-corrected chi connectivity index (χ1v) is 5.58. The molecule has 2 rings (SSSR count). The monoisotopic (exact) mass is 210 g/mol. The van der Waals surface area contributed by atoms with Crippen LogP contribution in [0, 0.1) is 17.8 Å². The first kappa shape index (κ1) is 10.7. The normalized spacial score (nSPS) is 38.0. The van der Waals surface area contributed by atoms with Gasteiger partial charge in [-0.2, -0.15) is 0 Å². The van der Waals surface area contributed by atoms with Crippen LogP contribution in [-0.2, 0) is 9.53 Å². The van der Waals surface area contributed by atoms with Crippen molar-refractivity contribution in [1.29, 1.82) is 0 Å². The van der Waals surface area contributed by atoms with Crippen molar-refractivity contribution in [3.63, 3.8) is 0 Å². The van der Waals surface area contributed by atoms with Gasteiger partial charge in [-0.05, 0) is 43.9 Å². The van der Waals surface area contributed by atoms with Crippen LogP contribution in [0.25, 0.3) is 0 Å². The smallest absolute Gasteiger partial charge is 0.333 e. The lowest BCUT2D eigenvalue weighted by Crippen LogP contribution is -2.28. The van der Waals surface area contributed by atoms with Gasteiger partial charge in [0.15, 0.2) is 0 Å². The van der Waals surface area contributed by atoms with Crippen molar-refractivity contribution in [3.8, 4) is 0 Å². The zero-order chi connectivity index (χ0) is 11.0. The molecule has 0 saturated heterocycles. The Morgan fingerprint density at radius 3 is 2.73 bits per heavy atom. The zero-order valence-corrected chi connectivity index (χ0v) is 9.11. The van der Waals surface area contributed by atoms with Gasteiger partial charge < -0.3 is 9.84 Å². The second kappa shape index (κ2) is 3.97. The Bertz CT molecular complexity index is 285. The van der Waals surface area contributed by atoms with Crippen LogP contribution in [0.15, 0.2) is 12.2 Å². The summed E-state index contributed by atoms with van der Waals surface area (Å²) < 4.78 is 5.14. The first-order valence-electron chi connectivity index (χ1n) is 5.58. The average molecular weight is 210 g/mol. The highest BCUT2D eigenvalue weighted by atomic mass is 16.5. The van der Waals surface area contributed by atoms with Crippen molar-refractivity contribution in [2.75, 3.05) is 6.61 Å². The van der Waals surface area contributed by atoms with Crippen LogP contribution < -0.4 is 0 Å². The quantitative estimate of drug-likeness (QED) is 0.567. The van der Waals surface area contributed by atoms with Gasteiger partial charge in [-0.1, -0.05) is 6.58 Å². The van der Waals surface area contributed by atoms with Crippen molar-refractivity contribution >= 4 is 5.97 Å². The topological polar surface area (TPSA) is 46.5 Å². The summed E-state index contributed by atoms with van der Waals surface area (Å²) in [6.45, 7) is 5.64. The minimum atomic E-state index is -0.313. The van der Waals surface area contributed by atoms with Crippen LogP contribution in [-0.4, -0.2) is 23.8 Å². The standard InChI is InChI=1S/C12H18O3/c1-7(2)12(14)15-6-9-3-8-4-10(9)11(13)5-8/h8-11,13H,1,3-6H2,2H3. The number of carbonyl (C=O) groups is 1. The highest BCUT2D eigenvalue weighted by Gasteiger charge is 2.45. The summed E-state index contributed by atoms with van der Waals surface area (Å²) in [6, 6.07) is 0. The third-order valence-electron chi connectivity index (χ3n) is 3.69. The summed E-state index contributed by atoms with van der Waals surface area (Å²) in [5, 5.41) is 9.71. The molecule has 0 aliphatic heterocycles. The molecule has 3 nitrogen and oxygen atoms in total. The van der Waals surface area contributed by atoms with E-state index in [1.54, 1.807) is 6.92 Å². The van der Waals surface area contributed by atoms with Crippen molar-refractivity contribution in [1.82, 2.24) is 0 Å². The summed E-state index contributed by atoms with van der Waals surface area (Å²) in [5.74, 6) is 1.06. The van der Waals surface area contributed by atoms with Gasteiger partial charge in [-0.3, -0.25) is 0 Å². The van der Waals surface area contributed by atoms with E-state index in [0.29, 0.717) is 29.9 Å². The van der Waals surface area contributed by atoms with E-state index in [1.807, 2.05) is 0 Å². The fraction of sp³-hybridized carbons (Fsp3) is 0.750. The van der Waals surface area contributed by atoms with E-state index in [9.17, 15) is 9.90 Å². The highest BCUT2D eigenvalue weighted by molar-refractivity contribution is 5.86. The van der Waals surface area contributed by atoms with E-state index >= 15 is 0 Å². The predicted molar refractivity (Wildman–Crippen MR) is 56.1 cm³/mol. The lowest BCUT2D eigenvalue weighted by Gasteiger charge is -2.25. The van der Waals surface area contributed by atoms with E-state index < -0.39 is 0 Å². The third-order valence-corrected chi connectivity index (χ3v) is 3.69. The summed E-state index contributed by atoms with van der Waals surface area (Å²) in [4.78, 5) is 11.2. The van der Waals surface area contributed by atoms with Crippen LogP contribution in [0.1, 0.15) is 26.2 Å². The molecule has 0 amide bonds. The largest absolute Gasteiger partial charge is 0.462 e. The maximum Gasteiger partial charge on any atom is 0.333 e. The number of rotatable bonds is 3. The van der Waals surface area contributed by atoms with Crippen LogP contribution in [0.2, 0.25) is 0 Å². The maximum absolute atomic E-state index is 11.2. The third kappa shape index (κ3) is 2.07. The minimum Gasteiger partial charge on any atom is -0.462 e. The molecule has 2 fully saturated rings. The van der Waals surface area contributed by atoms with Crippen molar-refractivity contribution in [3.05, 3.63) is 12.2 Å². The van der Waals surface area contributed by atoms with E-state index in [-0.39, 0.29) is 12.1 Å².